The summed E-state index contributed by atoms with van der Waals surface area (Å²) in [5, 5.41) is 21.7. The van der Waals surface area contributed by atoms with Crippen LogP contribution in [0.15, 0.2) is 0 Å². The third-order valence-electron chi connectivity index (χ3n) is 8.75. The van der Waals surface area contributed by atoms with Crippen molar-refractivity contribution in [3.05, 3.63) is 0 Å². The smallest absolute Gasteiger partial charge is 0.349 e. The van der Waals surface area contributed by atoms with Crippen LogP contribution in [0.1, 0.15) is 201 Å². The topological polar surface area (TPSA) is 101 Å². The summed E-state index contributed by atoms with van der Waals surface area (Å²) in [5.41, 5.74) is -2.82. The van der Waals surface area contributed by atoms with Crippen LogP contribution in [0.2, 0.25) is 0 Å². The monoisotopic (exact) mass is 611 g/mol. The van der Waals surface area contributed by atoms with Gasteiger partial charge >= 0.3 is 5.97 Å². The van der Waals surface area contributed by atoms with Gasteiger partial charge in [0.1, 0.15) is 0 Å². The van der Waals surface area contributed by atoms with Crippen LogP contribution in [0.3, 0.4) is 0 Å². The molecule has 43 heavy (non-hydrogen) atoms. The number of carbonyl (C=O) groups excluding carboxylic acids is 3. The molecule has 0 aliphatic heterocycles. The molecule has 0 saturated carbocycles. The highest BCUT2D eigenvalue weighted by Crippen LogP contribution is 2.23. The average Bonchev–Trinajstić information content (AvgIpc) is 3.00. The molecule has 6 heteroatoms. The van der Waals surface area contributed by atoms with E-state index in [2.05, 4.69) is 13.8 Å². The lowest BCUT2D eigenvalue weighted by Gasteiger charge is -2.28. The molecule has 0 fully saturated rings. The van der Waals surface area contributed by atoms with E-state index in [-0.39, 0.29) is 19.4 Å². The molecule has 0 radical (unpaired) electrons. The fraction of sp³-hybridized carbons (Fsp3) is 0.919. The first-order valence-corrected chi connectivity index (χ1v) is 18.5. The maximum absolute atomic E-state index is 13.0. The Morgan fingerprint density at radius 1 is 0.512 bits per heavy atom. The van der Waals surface area contributed by atoms with Crippen LogP contribution in [0.4, 0.5) is 0 Å². The summed E-state index contributed by atoms with van der Waals surface area (Å²) in [6, 6.07) is 0. The Kier molecular flexibility index (Phi) is 28.6. The Morgan fingerprint density at radius 3 is 1.14 bits per heavy atom. The molecule has 0 aromatic carbocycles. The number of Topliss-reactive ketones (excluding diaryl/α,β-unsaturated/α-hetero) is 2. The van der Waals surface area contributed by atoms with E-state index < -0.39 is 29.2 Å². The van der Waals surface area contributed by atoms with Crippen LogP contribution in [-0.2, 0) is 19.1 Å². The molecule has 254 valence electrons. The Balaban J connectivity index is 4.24. The fourth-order valence-electron chi connectivity index (χ4n) is 5.80. The predicted octanol–water partition coefficient (Wildman–Crippen LogP) is 9.74. The largest absolute Gasteiger partial charge is 0.463 e. The van der Waals surface area contributed by atoms with Gasteiger partial charge in [0.2, 0.25) is 0 Å². The molecule has 2 N–H and O–H groups in total. The van der Waals surface area contributed by atoms with Crippen molar-refractivity contribution in [1.29, 1.82) is 0 Å². The van der Waals surface area contributed by atoms with Crippen molar-refractivity contribution in [2.24, 2.45) is 0 Å². The number of hydrogen-bond acceptors (Lipinski definition) is 6. The van der Waals surface area contributed by atoms with Crippen molar-refractivity contribution in [2.75, 3.05) is 6.61 Å². The summed E-state index contributed by atoms with van der Waals surface area (Å²) < 4.78 is 4.92. The summed E-state index contributed by atoms with van der Waals surface area (Å²) in [7, 11) is 0. The molecule has 0 amide bonds. The van der Waals surface area contributed by atoms with Crippen molar-refractivity contribution >= 4 is 17.5 Å². The summed E-state index contributed by atoms with van der Waals surface area (Å²) in [6.07, 6.45) is 28.3. The van der Waals surface area contributed by atoms with Crippen molar-refractivity contribution in [2.45, 2.75) is 212 Å². The van der Waals surface area contributed by atoms with Crippen LogP contribution in [0, 0.1) is 0 Å². The molecule has 0 aromatic heterocycles. The first-order chi connectivity index (χ1) is 20.9. The van der Waals surface area contributed by atoms with E-state index in [4.69, 9.17) is 4.74 Å². The highest BCUT2D eigenvalue weighted by Gasteiger charge is 2.53. The maximum Gasteiger partial charge on any atom is 0.349 e. The van der Waals surface area contributed by atoms with E-state index in [1.807, 2.05) is 0 Å². The number of aliphatic hydroxyl groups excluding tert-OH is 1. The van der Waals surface area contributed by atoms with Gasteiger partial charge in [-0.3, -0.25) is 9.59 Å². The normalized spacial score (nSPS) is 13.5. The second kappa shape index (κ2) is 29.4. The lowest BCUT2D eigenvalue weighted by atomic mass is 9.85. The summed E-state index contributed by atoms with van der Waals surface area (Å²) >= 11 is 0. The van der Waals surface area contributed by atoms with Crippen molar-refractivity contribution in [3.63, 3.8) is 0 Å². The third kappa shape index (κ3) is 21.2. The molecule has 0 saturated heterocycles. The van der Waals surface area contributed by atoms with Crippen molar-refractivity contribution < 1.29 is 29.3 Å². The van der Waals surface area contributed by atoms with E-state index in [9.17, 15) is 24.6 Å². The molecular formula is C37H70O6. The maximum atomic E-state index is 13.0. The highest BCUT2D eigenvalue weighted by molar-refractivity contribution is 6.11. The lowest BCUT2D eigenvalue weighted by molar-refractivity contribution is -0.185. The molecule has 0 heterocycles. The van der Waals surface area contributed by atoms with Gasteiger partial charge in [-0.15, -0.1) is 0 Å². The van der Waals surface area contributed by atoms with Gasteiger partial charge in [0.15, 0.2) is 17.7 Å². The second-order valence-corrected chi connectivity index (χ2v) is 12.8. The molecule has 0 bridgehead atoms. The van der Waals surface area contributed by atoms with E-state index in [0.29, 0.717) is 12.8 Å². The minimum absolute atomic E-state index is 0.0344. The molecule has 0 spiro atoms. The number of hydrogen-bond donors (Lipinski definition) is 2. The van der Waals surface area contributed by atoms with Crippen LogP contribution in [-0.4, -0.2) is 46.1 Å². The number of esters is 1. The van der Waals surface area contributed by atoms with Gasteiger partial charge in [-0.05, 0) is 19.8 Å². The SMILES string of the molecule is CCCCCCCCCCCCCCCC(=O)C(O)C(O)(C(=O)CCCCCCCCCCCCCCC)C(=O)OCC. The number of rotatable bonds is 33. The molecular weight excluding hydrogens is 540 g/mol. The average molecular weight is 611 g/mol. The first-order valence-electron chi connectivity index (χ1n) is 18.5. The molecule has 0 aliphatic carbocycles. The summed E-state index contributed by atoms with van der Waals surface area (Å²) in [5.74, 6) is -2.71. The molecule has 6 nitrogen and oxygen atoms in total. The molecule has 0 aromatic rings. The Bertz CT molecular complexity index is 678. The fourth-order valence-corrected chi connectivity index (χ4v) is 5.80. The van der Waals surface area contributed by atoms with Crippen molar-refractivity contribution in [3.8, 4) is 0 Å². The predicted molar refractivity (Wildman–Crippen MR) is 178 cm³/mol. The Hall–Kier alpha value is -1.27. The van der Waals surface area contributed by atoms with Crippen LogP contribution in [0.5, 0.6) is 0 Å². The lowest BCUT2D eigenvalue weighted by Crippen LogP contribution is -2.59. The van der Waals surface area contributed by atoms with Gasteiger partial charge in [0.25, 0.3) is 5.60 Å². The number of ketones is 2. The second-order valence-electron chi connectivity index (χ2n) is 12.8. The molecule has 0 rings (SSSR count). The molecule has 2 atom stereocenters. The number of aliphatic hydroxyl groups is 2. The number of unbranched alkanes of at least 4 members (excludes halogenated alkanes) is 24. The van der Waals surface area contributed by atoms with Gasteiger partial charge in [0.05, 0.1) is 6.61 Å². The minimum atomic E-state index is -2.82. The zero-order valence-electron chi connectivity index (χ0n) is 28.6. The number of ether oxygens (including phenoxy) is 1. The summed E-state index contributed by atoms with van der Waals surface area (Å²) in [6.45, 7) is 6.00. The third-order valence-corrected chi connectivity index (χ3v) is 8.75. The standard InChI is InChI=1S/C37H70O6/c1-4-7-9-11-13-15-17-19-21-23-25-27-29-31-33(38)35(40)37(42,36(41)43-6-3)34(39)32-30-28-26-24-22-20-18-16-14-12-10-8-5-2/h35,40,42H,4-32H2,1-3H3. The van der Waals surface area contributed by atoms with Gasteiger partial charge < -0.3 is 14.9 Å². The van der Waals surface area contributed by atoms with E-state index in [0.717, 1.165) is 38.5 Å². The highest BCUT2D eigenvalue weighted by atomic mass is 16.6. The summed E-state index contributed by atoms with van der Waals surface area (Å²) in [4.78, 5) is 38.2. The van der Waals surface area contributed by atoms with E-state index in [1.165, 1.54) is 116 Å². The first kappa shape index (κ1) is 41.7. The van der Waals surface area contributed by atoms with Gasteiger partial charge in [0, 0.05) is 12.8 Å². The van der Waals surface area contributed by atoms with Gasteiger partial charge in [-0.1, -0.05) is 168 Å². The zero-order chi connectivity index (χ0) is 32.0. The van der Waals surface area contributed by atoms with Crippen LogP contribution >= 0.6 is 0 Å². The zero-order valence-corrected chi connectivity index (χ0v) is 28.6. The van der Waals surface area contributed by atoms with Gasteiger partial charge in [-0.25, -0.2) is 4.79 Å². The molecule has 0 aliphatic rings. The van der Waals surface area contributed by atoms with Crippen LogP contribution in [0.25, 0.3) is 0 Å². The van der Waals surface area contributed by atoms with E-state index in [1.54, 1.807) is 6.92 Å². The molecule has 2 unspecified atom stereocenters. The quantitative estimate of drug-likeness (QED) is 0.0436. The Morgan fingerprint density at radius 2 is 0.814 bits per heavy atom. The minimum Gasteiger partial charge on any atom is -0.463 e. The van der Waals surface area contributed by atoms with Crippen molar-refractivity contribution in [1.82, 2.24) is 0 Å². The number of carbonyl (C=O) groups is 3. The van der Waals surface area contributed by atoms with Crippen LogP contribution < -0.4 is 0 Å². The van der Waals surface area contributed by atoms with E-state index >= 15 is 0 Å². The van der Waals surface area contributed by atoms with Gasteiger partial charge in [-0.2, -0.15) is 0 Å². The Labute approximate surface area is 265 Å².